The third-order valence-electron chi connectivity index (χ3n) is 4.00. The topological polar surface area (TPSA) is 62.2 Å². The molecule has 1 heterocycles. The van der Waals surface area contributed by atoms with Crippen LogP contribution in [0.2, 0.25) is 0 Å². The Hall–Kier alpha value is -2.72. The number of nitrogens with one attached hydrogen (secondary N) is 1. The van der Waals surface area contributed by atoms with Gasteiger partial charge in [0.2, 0.25) is 0 Å². The van der Waals surface area contributed by atoms with E-state index >= 15 is 0 Å². The summed E-state index contributed by atoms with van der Waals surface area (Å²) in [5, 5.41) is 14.1. The van der Waals surface area contributed by atoms with Crippen molar-refractivity contribution >= 4 is 16.8 Å². The van der Waals surface area contributed by atoms with E-state index in [1.165, 1.54) is 0 Å². The predicted octanol–water partition coefficient (Wildman–Crippen LogP) is 3.48. The number of nitrogens with zero attached hydrogens (tertiary/aromatic N) is 1. The average molecular weight is 320 g/mol. The van der Waals surface area contributed by atoms with Crippen LogP contribution in [-0.4, -0.2) is 22.0 Å². The highest BCUT2D eigenvalue weighted by Crippen LogP contribution is 2.18. The van der Waals surface area contributed by atoms with Crippen molar-refractivity contribution in [3.63, 3.8) is 0 Å². The van der Waals surface area contributed by atoms with Crippen LogP contribution in [0.1, 0.15) is 35.4 Å². The second-order valence-electron chi connectivity index (χ2n) is 5.95. The van der Waals surface area contributed by atoms with Gasteiger partial charge in [-0.15, -0.1) is 0 Å². The summed E-state index contributed by atoms with van der Waals surface area (Å²) in [6.07, 6.45) is 1.60. The molecular weight excluding hydrogens is 300 g/mol. The monoisotopic (exact) mass is 320 g/mol. The van der Waals surface area contributed by atoms with Gasteiger partial charge in [-0.3, -0.25) is 9.78 Å². The molecule has 24 heavy (non-hydrogen) atoms. The van der Waals surface area contributed by atoms with Crippen molar-refractivity contribution in [2.24, 2.45) is 0 Å². The smallest absolute Gasteiger partial charge is 0.251 e. The number of aromatic nitrogens is 1. The molecular formula is C20H20N2O2. The summed E-state index contributed by atoms with van der Waals surface area (Å²) in [4.78, 5) is 16.7. The molecule has 1 amide bonds. The van der Waals surface area contributed by atoms with Crippen molar-refractivity contribution in [2.75, 3.05) is 0 Å². The highest BCUT2D eigenvalue weighted by Gasteiger charge is 2.15. The first kappa shape index (κ1) is 16.1. The van der Waals surface area contributed by atoms with E-state index in [1.54, 1.807) is 12.3 Å². The van der Waals surface area contributed by atoms with Crippen LogP contribution in [0.5, 0.6) is 0 Å². The van der Waals surface area contributed by atoms with E-state index in [4.69, 9.17) is 0 Å². The van der Waals surface area contributed by atoms with Crippen LogP contribution in [0, 0.1) is 0 Å². The Morgan fingerprint density at radius 3 is 2.71 bits per heavy atom. The van der Waals surface area contributed by atoms with Gasteiger partial charge < -0.3 is 10.4 Å². The van der Waals surface area contributed by atoms with E-state index in [0.717, 1.165) is 16.5 Å². The summed E-state index contributed by atoms with van der Waals surface area (Å²) in [6.45, 7) is 1.90. The zero-order chi connectivity index (χ0) is 16.9. The number of carbonyl (C=O) groups excluding carboxylic acids is 1. The lowest BCUT2D eigenvalue weighted by atomic mass is 10.0. The number of aliphatic hydroxyl groups is 1. The molecule has 0 spiro atoms. The van der Waals surface area contributed by atoms with E-state index in [-0.39, 0.29) is 11.9 Å². The van der Waals surface area contributed by atoms with Crippen molar-refractivity contribution in [1.82, 2.24) is 10.3 Å². The van der Waals surface area contributed by atoms with Crippen LogP contribution in [0.25, 0.3) is 10.9 Å². The van der Waals surface area contributed by atoms with Gasteiger partial charge in [-0.25, -0.2) is 0 Å². The van der Waals surface area contributed by atoms with Crippen molar-refractivity contribution in [3.8, 4) is 0 Å². The number of rotatable bonds is 5. The van der Waals surface area contributed by atoms with Crippen LogP contribution >= 0.6 is 0 Å². The second-order valence-corrected chi connectivity index (χ2v) is 5.95. The molecule has 122 valence electrons. The number of benzene rings is 2. The number of hydrogen-bond donors (Lipinski definition) is 2. The third kappa shape index (κ3) is 3.78. The van der Waals surface area contributed by atoms with E-state index < -0.39 is 6.10 Å². The third-order valence-corrected chi connectivity index (χ3v) is 4.00. The van der Waals surface area contributed by atoms with Crippen molar-refractivity contribution in [3.05, 3.63) is 78.0 Å². The number of amides is 1. The SMILES string of the molecule is C[C@H](C[C@H](O)c1ccccc1)NC(=O)c1ccc2ncccc2c1. The fourth-order valence-corrected chi connectivity index (χ4v) is 2.73. The molecule has 2 atom stereocenters. The maximum absolute atomic E-state index is 12.4. The van der Waals surface area contributed by atoms with Gasteiger partial charge in [0, 0.05) is 23.2 Å². The van der Waals surface area contributed by atoms with E-state index in [9.17, 15) is 9.90 Å². The normalized spacial score (nSPS) is 13.4. The van der Waals surface area contributed by atoms with Gasteiger partial charge in [0.05, 0.1) is 11.6 Å². The largest absolute Gasteiger partial charge is 0.388 e. The Kier molecular flexibility index (Phi) is 4.87. The van der Waals surface area contributed by atoms with E-state index in [1.807, 2.05) is 61.5 Å². The predicted molar refractivity (Wildman–Crippen MR) is 94.7 cm³/mol. The molecule has 4 heteroatoms. The zero-order valence-electron chi connectivity index (χ0n) is 13.5. The van der Waals surface area contributed by atoms with Crippen molar-refractivity contribution < 1.29 is 9.90 Å². The molecule has 0 aliphatic rings. The van der Waals surface area contributed by atoms with Gasteiger partial charge in [0.25, 0.3) is 5.91 Å². The molecule has 2 aromatic carbocycles. The zero-order valence-corrected chi connectivity index (χ0v) is 13.5. The Morgan fingerprint density at radius 1 is 1.12 bits per heavy atom. The summed E-state index contributed by atoms with van der Waals surface area (Å²) in [6, 6.07) is 18.6. The van der Waals surface area contributed by atoms with Crippen LogP contribution in [0.15, 0.2) is 66.9 Å². The van der Waals surface area contributed by atoms with Gasteiger partial charge >= 0.3 is 0 Å². The highest BCUT2D eigenvalue weighted by atomic mass is 16.3. The standard InChI is InChI=1S/C20H20N2O2/c1-14(12-19(23)15-6-3-2-4-7-15)22-20(24)17-9-10-18-16(13-17)8-5-11-21-18/h2-11,13-14,19,23H,12H2,1H3,(H,22,24)/t14-,19+/m1/s1. The van der Waals surface area contributed by atoms with Crippen LogP contribution in [0.4, 0.5) is 0 Å². The Bertz CT molecular complexity index is 833. The highest BCUT2D eigenvalue weighted by molar-refractivity contribution is 5.98. The summed E-state index contributed by atoms with van der Waals surface area (Å²) in [5.74, 6) is -0.145. The molecule has 0 saturated carbocycles. The first-order valence-corrected chi connectivity index (χ1v) is 8.02. The number of carbonyl (C=O) groups is 1. The Labute approximate surface area is 141 Å². The van der Waals surface area contributed by atoms with Gasteiger partial charge in [-0.2, -0.15) is 0 Å². The molecule has 0 fully saturated rings. The van der Waals surface area contributed by atoms with Crippen LogP contribution in [0.3, 0.4) is 0 Å². The Balaban J connectivity index is 1.64. The number of hydrogen-bond acceptors (Lipinski definition) is 3. The first-order valence-electron chi connectivity index (χ1n) is 8.02. The lowest BCUT2D eigenvalue weighted by Gasteiger charge is -2.18. The maximum Gasteiger partial charge on any atom is 0.251 e. The van der Waals surface area contributed by atoms with E-state index in [2.05, 4.69) is 10.3 Å². The molecule has 0 bridgehead atoms. The molecule has 4 nitrogen and oxygen atoms in total. The van der Waals surface area contributed by atoms with Crippen LogP contribution < -0.4 is 5.32 Å². The average Bonchev–Trinajstić information content (AvgIpc) is 2.61. The number of fused-ring (bicyclic) bond motifs is 1. The summed E-state index contributed by atoms with van der Waals surface area (Å²) >= 11 is 0. The molecule has 3 rings (SSSR count). The minimum absolute atomic E-state index is 0.141. The molecule has 0 aliphatic carbocycles. The minimum atomic E-state index is -0.595. The van der Waals surface area contributed by atoms with Gasteiger partial charge in [0.15, 0.2) is 0 Å². The van der Waals surface area contributed by atoms with Crippen LogP contribution in [-0.2, 0) is 0 Å². The first-order chi connectivity index (χ1) is 11.6. The number of aliphatic hydroxyl groups excluding tert-OH is 1. The molecule has 0 unspecified atom stereocenters. The minimum Gasteiger partial charge on any atom is -0.388 e. The van der Waals surface area contributed by atoms with Crippen molar-refractivity contribution in [1.29, 1.82) is 0 Å². The second kappa shape index (κ2) is 7.23. The maximum atomic E-state index is 12.4. The Morgan fingerprint density at radius 2 is 1.92 bits per heavy atom. The molecule has 0 saturated heterocycles. The lowest BCUT2D eigenvalue weighted by molar-refractivity contribution is 0.0917. The molecule has 1 aromatic heterocycles. The molecule has 2 N–H and O–H groups in total. The fourth-order valence-electron chi connectivity index (χ4n) is 2.73. The van der Waals surface area contributed by atoms with Gasteiger partial charge in [-0.05, 0) is 43.2 Å². The van der Waals surface area contributed by atoms with E-state index in [0.29, 0.717) is 12.0 Å². The fraction of sp³-hybridized carbons (Fsp3) is 0.200. The van der Waals surface area contributed by atoms with Gasteiger partial charge in [0.1, 0.15) is 0 Å². The summed E-state index contributed by atoms with van der Waals surface area (Å²) < 4.78 is 0. The summed E-state index contributed by atoms with van der Waals surface area (Å²) in [7, 11) is 0. The van der Waals surface area contributed by atoms with Crippen molar-refractivity contribution in [2.45, 2.75) is 25.5 Å². The van der Waals surface area contributed by atoms with Gasteiger partial charge in [-0.1, -0.05) is 36.4 Å². The molecule has 3 aromatic rings. The lowest BCUT2D eigenvalue weighted by Crippen LogP contribution is -2.33. The molecule has 0 aliphatic heterocycles. The molecule has 0 radical (unpaired) electrons. The summed E-state index contributed by atoms with van der Waals surface area (Å²) in [5.41, 5.74) is 2.31. The quantitative estimate of drug-likeness (QED) is 0.756. The number of pyridine rings is 1.